The highest BCUT2D eigenvalue weighted by atomic mass is 32.2. The van der Waals surface area contributed by atoms with E-state index in [9.17, 15) is 9.59 Å². The van der Waals surface area contributed by atoms with E-state index in [4.69, 9.17) is 4.74 Å². The summed E-state index contributed by atoms with van der Waals surface area (Å²) in [5.41, 5.74) is 0.745. The average molecular weight is 472 g/mol. The third kappa shape index (κ3) is 5.37. The number of aromatic nitrogens is 2. The Balaban J connectivity index is 1.30. The van der Waals surface area contributed by atoms with Crippen molar-refractivity contribution < 1.29 is 14.3 Å². The van der Waals surface area contributed by atoms with Gasteiger partial charge >= 0.3 is 0 Å². The minimum absolute atomic E-state index is 0.0515. The third-order valence-corrected chi connectivity index (χ3v) is 7.33. The topological polar surface area (TPSA) is 87.7 Å². The molecule has 2 heterocycles. The number of thioether (sulfide) groups is 1. The smallest absolute Gasteiger partial charge is 0.254 e. The molecule has 1 N–H and O–H groups in total. The first-order valence-corrected chi connectivity index (χ1v) is 12.2. The van der Waals surface area contributed by atoms with Crippen molar-refractivity contribution in [1.82, 2.24) is 20.4 Å². The highest BCUT2D eigenvalue weighted by Gasteiger charge is 2.25. The number of fused-ring (bicyclic) bond motifs is 1. The monoisotopic (exact) mass is 471 g/mol. The molecule has 0 unspecified atom stereocenters. The number of ether oxygens (including phenoxy) is 1. The first kappa shape index (κ1) is 22.5. The lowest BCUT2D eigenvalue weighted by molar-refractivity contribution is -0.118. The molecule has 10 heteroatoms. The molecule has 1 fully saturated rings. The molecule has 1 aromatic heterocycles. The molecule has 0 aliphatic carbocycles. The maximum Gasteiger partial charge on any atom is 0.254 e. The number of carbonyl (C=O) groups excluding carboxylic acids is 2. The Hall–Kier alpha value is -2.69. The first-order valence-electron chi connectivity index (χ1n) is 10.4. The van der Waals surface area contributed by atoms with Gasteiger partial charge in [0.1, 0.15) is 0 Å². The molecule has 1 aliphatic rings. The molecule has 0 spiro atoms. The Bertz CT molecular complexity index is 1080. The molecule has 0 atom stereocenters. The lowest BCUT2D eigenvalue weighted by atomic mass is 10.0. The zero-order valence-electron chi connectivity index (χ0n) is 17.8. The standard InChI is InChI=1S/C22H25N5O3S2/c1-30-14-9-23-19(28)15-31-22-25-24-21(32-22)27-12-10-26(11-13-27)20(29)18-8-4-6-16-5-2-3-7-17(16)18/h2-8H,9-15H2,1H3,(H,23,28). The number of carbonyl (C=O) groups is 2. The minimum Gasteiger partial charge on any atom is -0.383 e. The van der Waals surface area contributed by atoms with Gasteiger partial charge in [-0.1, -0.05) is 59.5 Å². The number of methoxy groups -OCH3 is 1. The van der Waals surface area contributed by atoms with Gasteiger partial charge in [-0.3, -0.25) is 9.59 Å². The maximum atomic E-state index is 13.1. The Morgan fingerprint density at radius 3 is 2.69 bits per heavy atom. The van der Waals surface area contributed by atoms with Crippen LogP contribution in [0.25, 0.3) is 10.8 Å². The summed E-state index contributed by atoms with van der Waals surface area (Å²) in [6, 6.07) is 13.8. The number of hydrogen-bond acceptors (Lipinski definition) is 8. The van der Waals surface area contributed by atoms with Gasteiger partial charge in [0.2, 0.25) is 11.0 Å². The van der Waals surface area contributed by atoms with Gasteiger partial charge in [-0.05, 0) is 16.8 Å². The highest BCUT2D eigenvalue weighted by molar-refractivity contribution is 8.01. The molecule has 3 aromatic rings. The summed E-state index contributed by atoms with van der Waals surface area (Å²) in [6.45, 7) is 3.66. The molecule has 2 amide bonds. The van der Waals surface area contributed by atoms with Gasteiger partial charge in [-0.2, -0.15) is 0 Å². The van der Waals surface area contributed by atoms with Crippen LogP contribution < -0.4 is 10.2 Å². The van der Waals surface area contributed by atoms with E-state index < -0.39 is 0 Å². The molecular formula is C22H25N5O3S2. The van der Waals surface area contributed by atoms with Gasteiger partial charge in [0.25, 0.3) is 5.91 Å². The van der Waals surface area contributed by atoms with Crippen molar-refractivity contribution in [1.29, 1.82) is 0 Å². The zero-order valence-corrected chi connectivity index (χ0v) is 19.5. The molecule has 8 nitrogen and oxygen atoms in total. The van der Waals surface area contributed by atoms with Gasteiger partial charge in [-0.25, -0.2) is 0 Å². The van der Waals surface area contributed by atoms with E-state index in [-0.39, 0.29) is 11.8 Å². The van der Waals surface area contributed by atoms with Crippen LogP contribution in [-0.2, 0) is 9.53 Å². The van der Waals surface area contributed by atoms with Crippen molar-refractivity contribution in [2.45, 2.75) is 4.34 Å². The van der Waals surface area contributed by atoms with Crippen LogP contribution in [0.15, 0.2) is 46.8 Å². The molecule has 1 aliphatic heterocycles. The molecular weight excluding hydrogens is 446 g/mol. The van der Waals surface area contributed by atoms with Crippen molar-refractivity contribution in [2.24, 2.45) is 0 Å². The van der Waals surface area contributed by atoms with Crippen molar-refractivity contribution in [3.63, 3.8) is 0 Å². The lowest BCUT2D eigenvalue weighted by Gasteiger charge is -2.34. The summed E-state index contributed by atoms with van der Waals surface area (Å²) >= 11 is 2.85. The largest absolute Gasteiger partial charge is 0.383 e. The summed E-state index contributed by atoms with van der Waals surface area (Å²) in [4.78, 5) is 29.0. The number of piperazine rings is 1. The first-order chi connectivity index (χ1) is 15.7. The van der Waals surface area contributed by atoms with Gasteiger partial charge in [-0.15, -0.1) is 10.2 Å². The van der Waals surface area contributed by atoms with Crippen LogP contribution in [0.4, 0.5) is 5.13 Å². The van der Waals surface area contributed by atoms with E-state index in [1.807, 2.05) is 47.4 Å². The fraction of sp³-hybridized carbons (Fsp3) is 0.364. The minimum atomic E-state index is -0.0515. The van der Waals surface area contributed by atoms with Crippen LogP contribution in [0.2, 0.25) is 0 Å². The molecule has 1 saturated heterocycles. The Morgan fingerprint density at radius 1 is 1.09 bits per heavy atom. The summed E-state index contributed by atoms with van der Waals surface area (Å²) in [5, 5.41) is 14.2. The van der Waals surface area contributed by atoms with E-state index in [1.54, 1.807) is 7.11 Å². The van der Waals surface area contributed by atoms with Crippen LogP contribution in [0.5, 0.6) is 0 Å². The van der Waals surface area contributed by atoms with Gasteiger partial charge in [0, 0.05) is 45.4 Å². The summed E-state index contributed by atoms with van der Waals surface area (Å²) < 4.78 is 5.68. The molecule has 32 heavy (non-hydrogen) atoms. The van der Waals surface area contributed by atoms with E-state index >= 15 is 0 Å². The molecule has 2 aromatic carbocycles. The predicted octanol–water partition coefficient (Wildman–Crippen LogP) is 2.51. The van der Waals surface area contributed by atoms with Crippen molar-refractivity contribution in [2.75, 3.05) is 57.1 Å². The summed E-state index contributed by atoms with van der Waals surface area (Å²) in [5.74, 6) is 0.310. The summed E-state index contributed by atoms with van der Waals surface area (Å²) in [7, 11) is 1.60. The van der Waals surface area contributed by atoms with Crippen LogP contribution >= 0.6 is 23.1 Å². The Labute approximate surface area is 194 Å². The van der Waals surface area contributed by atoms with E-state index in [1.165, 1.54) is 23.1 Å². The number of amides is 2. The number of nitrogens with zero attached hydrogens (tertiary/aromatic N) is 4. The molecule has 4 rings (SSSR count). The number of hydrogen-bond donors (Lipinski definition) is 1. The lowest BCUT2D eigenvalue weighted by Crippen LogP contribution is -2.48. The van der Waals surface area contributed by atoms with Crippen LogP contribution in [0.1, 0.15) is 10.4 Å². The number of rotatable bonds is 8. The van der Waals surface area contributed by atoms with Gasteiger partial charge in [0.15, 0.2) is 4.34 Å². The van der Waals surface area contributed by atoms with E-state index in [0.717, 1.165) is 25.8 Å². The second-order valence-electron chi connectivity index (χ2n) is 7.29. The highest BCUT2D eigenvalue weighted by Crippen LogP contribution is 2.29. The van der Waals surface area contributed by atoms with Crippen molar-refractivity contribution in [3.05, 3.63) is 48.0 Å². The fourth-order valence-electron chi connectivity index (χ4n) is 3.54. The number of benzene rings is 2. The van der Waals surface area contributed by atoms with E-state index in [2.05, 4.69) is 20.4 Å². The molecule has 0 saturated carbocycles. The molecule has 168 valence electrons. The average Bonchev–Trinajstić information content (AvgIpc) is 3.31. The maximum absolute atomic E-state index is 13.1. The SMILES string of the molecule is COCCNC(=O)CSc1nnc(N2CCN(C(=O)c3cccc4ccccc34)CC2)s1. The number of nitrogens with one attached hydrogen (secondary N) is 1. The third-order valence-electron chi connectivity index (χ3n) is 5.21. The van der Waals surface area contributed by atoms with Crippen LogP contribution in [0.3, 0.4) is 0 Å². The second-order valence-corrected chi connectivity index (χ2v) is 9.47. The fourth-order valence-corrected chi connectivity index (χ4v) is 5.26. The van der Waals surface area contributed by atoms with Gasteiger partial charge < -0.3 is 19.9 Å². The quantitative estimate of drug-likeness (QED) is 0.399. The Morgan fingerprint density at radius 2 is 1.88 bits per heavy atom. The van der Waals surface area contributed by atoms with Crippen molar-refractivity contribution >= 4 is 50.8 Å². The zero-order chi connectivity index (χ0) is 22.3. The van der Waals surface area contributed by atoms with E-state index in [0.29, 0.717) is 45.1 Å². The Kier molecular flexibility index (Phi) is 7.56. The van der Waals surface area contributed by atoms with Crippen molar-refractivity contribution in [3.8, 4) is 0 Å². The van der Waals surface area contributed by atoms with Gasteiger partial charge in [0.05, 0.1) is 12.4 Å². The predicted molar refractivity (Wildman–Crippen MR) is 128 cm³/mol. The van der Waals surface area contributed by atoms with Crippen LogP contribution in [0, 0.1) is 0 Å². The molecule has 0 radical (unpaired) electrons. The number of anilines is 1. The summed E-state index contributed by atoms with van der Waals surface area (Å²) in [6.07, 6.45) is 0. The molecule has 0 bridgehead atoms. The normalized spacial score (nSPS) is 14.0. The second kappa shape index (κ2) is 10.8. The van der Waals surface area contributed by atoms with Crippen LogP contribution in [-0.4, -0.2) is 79.1 Å².